The van der Waals surface area contributed by atoms with Gasteiger partial charge in [0.1, 0.15) is 5.78 Å². The SMILES string of the molecule is C=C1C[C@@]23CC[C@H](O[Si](C)(C)C(C)(C)C)[C@@](C)(CO)[C@@H]2CC(=O)[C@@H]1C3. The third-order valence-corrected chi connectivity index (χ3v) is 12.7. The summed E-state index contributed by atoms with van der Waals surface area (Å²) in [6.07, 6.45) is 4.67. The van der Waals surface area contributed by atoms with Crippen molar-refractivity contribution in [1.82, 2.24) is 0 Å². The average molecular weight is 365 g/mol. The van der Waals surface area contributed by atoms with Crippen LogP contribution in [0, 0.1) is 22.7 Å². The molecule has 3 fully saturated rings. The van der Waals surface area contributed by atoms with Gasteiger partial charge in [-0.2, -0.15) is 0 Å². The van der Waals surface area contributed by atoms with Crippen LogP contribution in [-0.4, -0.2) is 31.9 Å². The first-order chi connectivity index (χ1) is 11.4. The predicted octanol–water partition coefficient (Wildman–Crippen LogP) is 4.71. The Morgan fingerprint density at radius 2 is 2.00 bits per heavy atom. The van der Waals surface area contributed by atoms with Gasteiger partial charge < -0.3 is 9.53 Å². The van der Waals surface area contributed by atoms with Crippen LogP contribution in [0.15, 0.2) is 12.2 Å². The highest BCUT2D eigenvalue weighted by molar-refractivity contribution is 6.74. The molecule has 0 radical (unpaired) electrons. The molecule has 3 aliphatic rings. The fourth-order valence-electron chi connectivity index (χ4n) is 5.57. The van der Waals surface area contributed by atoms with Crippen LogP contribution in [0.1, 0.15) is 59.8 Å². The third kappa shape index (κ3) is 2.79. The van der Waals surface area contributed by atoms with Gasteiger partial charge in [0.25, 0.3) is 0 Å². The topological polar surface area (TPSA) is 46.5 Å². The monoisotopic (exact) mass is 364 g/mol. The Labute approximate surface area is 154 Å². The molecule has 0 amide bonds. The van der Waals surface area contributed by atoms with Crippen LogP contribution in [0.4, 0.5) is 0 Å². The Morgan fingerprint density at radius 3 is 2.56 bits per heavy atom. The molecule has 3 aliphatic carbocycles. The first kappa shape index (κ1) is 19.3. The minimum absolute atomic E-state index is 0.0484. The molecule has 3 nitrogen and oxygen atoms in total. The lowest BCUT2D eigenvalue weighted by molar-refractivity contribution is -0.153. The smallest absolute Gasteiger partial charge is 0.192 e. The molecule has 142 valence electrons. The summed E-state index contributed by atoms with van der Waals surface area (Å²) in [5.74, 6) is 0.643. The number of aliphatic hydroxyl groups is 1. The normalized spacial score (nSPS) is 41.8. The van der Waals surface area contributed by atoms with Gasteiger partial charge in [0.2, 0.25) is 0 Å². The third-order valence-electron chi connectivity index (χ3n) is 8.24. The Hall–Kier alpha value is -0.453. The maximum absolute atomic E-state index is 12.7. The summed E-state index contributed by atoms with van der Waals surface area (Å²) in [5.41, 5.74) is 0.968. The molecule has 0 aromatic carbocycles. The van der Waals surface area contributed by atoms with E-state index in [1.807, 2.05) is 0 Å². The lowest BCUT2D eigenvalue weighted by Gasteiger charge is -2.58. The number of hydrogen-bond donors (Lipinski definition) is 1. The number of carbonyl (C=O) groups excluding carboxylic acids is 1. The fourth-order valence-corrected chi connectivity index (χ4v) is 7.03. The van der Waals surface area contributed by atoms with E-state index >= 15 is 0 Å². The molecule has 0 aromatic heterocycles. The quantitative estimate of drug-likeness (QED) is 0.583. The van der Waals surface area contributed by atoms with Crippen molar-refractivity contribution in [2.75, 3.05) is 6.61 Å². The van der Waals surface area contributed by atoms with E-state index in [9.17, 15) is 9.90 Å². The van der Waals surface area contributed by atoms with E-state index in [0.717, 1.165) is 31.3 Å². The predicted molar refractivity (Wildman–Crippen MR) is 104 cm³/mol. The second kappa shape index (κ2) is 5.77. The number of carbonyl (C=O) groups is 1. The molecular weight excluding hydrogens is 328 g/mol. The van der Waals surface area contributed by atoms with Crippen molar-refractivity contribution in [2.24, 2.45) is 22.7 Å². The molecule has 0 unspecified atom stereocenters. The van der Waals surface area contributed by atoms with Crippen molar-refractivity contribution < 1.29 is 14.3 Å². The summed E-state index contributed by atoms with van der Waals surface area (Å²) >= 11 is 0. The summed E-state index contributed by atoms with van der Waals surface area (Å²) in [7, 11) is -1.92. The van der Waals surface area contributed by atoms with Gasteiger partial charge in [-0.25, -0.2) is 0 Å². The minimum atomic E-state index is -1.92. The summed E-state index contributed by atoms with van der Waals surface area (Å²) in [6, 6.07) is 0. The maximum atomic E-state index is 12.7. The molecule has 4 heteroatoms. The van der Waals surface area contributed by atoms with E-state index in [2.05, 4.69) is 47.4 Å². The zero-order valence-electron chi connectivity index (χ0n) is 16.9. The van der Waals surface area contributed by atoms with E-state index in [-0.39, 0.29) is 40.4 Å². The molecule has 0 aliphatic heterocycles. The summed E-state index contributed by atoms with van der Waals surface area (Å²) < 4.78 is 6.81. The largest absolute Gasteiger partial charge is 0.413 e. The molecule has 0 saturated heterocycles. The molecule has 1 spiro atoms. The van der Waals surface area contributed by atoms with Crippen LogP contribution in [0.3, 0.4) is 0 Å². The standard InChI is InChI=1S/C21H36O3Si/c1-14-11-21-9-8-18(24-25(6,7)19(2,3)4)20(5,13-22)17(21)10-16(23)15(14)12-21/h15,17-18,22H,1,8-13H2,2-7H3/t15-,17+,18+,20+,21-/m1/s1. The van der Waals surface area contributed by atoms with Crippen LogP contribution < -0.4 is 0 Å². The van der Waals surface area contributed by atoms with E-state index in [4.69, 9.17) is 4.43 Å². The van der Waals surface area contributed by atoms with E-state index < -0.39 is 8.32 Å². The molecule has 3 rings (SSSR count). The van der Waals surface area contributed by atoms with Crippen LogP contribution in [0.25, 0.3) is 0 Å². The van der Waals surface area contributed by atoms with Crippen LogP contribution in [0.2, 0.25) is 18.1 Å². The van der Waals surface area contributed by atoms with Crippen molar-refractivity contribution in [3.8, 4) is 0 Å². The molecule has 3 saturated carbocycles. The van der Waals surface area contributed by atoms with Crippen LogP contribution >= 0.6 is 0 Å². The first-order valence-electron chi connectivity index (χ1n) is 9.85. The molecule has 2 bridgehead atoms. The Balaban J connectivity index is 1.93. The van der Waals surface area contributed by atoms with E-state index in [1.165, 1.54) is 0 Å². The van der Waals surface area contributed by atoms with Gasteiger partial charge in [0.15, 0.2) is 8.32 Å². The molecule has 0 heterocycles. The Bertz CT molecular complexity index is 590. The maximum Gasteiger partial charge on any atom is 0.192 e. The number of allylic oxidation sites excluding steroid dienone is 1. The second-order valence-corrected chi connectivity index (χ2v) is 15.5. The van der Waals surface area contributed by atoms with Crippen LogP contribution in [-0.2, 0) is 9.22 Å². The van der Waals surface area contributed by atoms with Crippen LogP contribution in [0.5, 0.6) is 0 Å². The van der Waals surface area contributed by atoms with Crippen molar-refractivity contribution in [3.05, 3.63) is 12.2 Å². The number of rotatable bonds is 3. The van der Waals surface area contributed by atoms with E-state index in [1.54, 1.807) is 0 Å². The Kier molecular flexibility index (Phi) is 4.46. The Morgan fingerprint density at radius 1 is 1.36 bits per heavy atom. The zero-order chi connectivity index (χ0) is 18.8. The number of Topliss-reactive ketones (excluding diaryl/α,β-unsaturated/α-hetero) is 1. The first-order valence-corrected chi connectivity index (χ1v) is 12.8. The van der Waals surface area contributed by atoms with Crippen molar-refractivity contribution >= 4 is 14.1 Å². The number of hydrogen-bond acceptors (Lipinski definition) is 3. The van der Waals surface area contributed by atoms with E-state index in [0.29, 0.717) is 12.2 Å². The van der Waals surface area contributed by atoms with Crippen molar-refractivity contribution in [3.63, 3.8) is 0 Å². The lowest BCUT2D eigenvalue weighted by Crippen LogP contribution is -2.59. The zero-order valence-corrected chi connectivity index (χ0v) is 17.9. The lowest BCUT2D eigenvalue weighted by atomic mass is 9.50. The molecule has 5 atom stereocenters. The molecule has 25 heavy (non-hydrogen) atoms. The minimum Gasteiger partial charge on any atom is -0.413 e. The summed E-state index contributed by atoms with van der Waals surface area (Å²) in [4.78, 5) is 12.7. The van der Waals surface area contributed by atoms with Gasteiger partial charge in [-0.05, 0) is 55.1 Å². The van der Waals surface area contributed by atoms with Crippen molar-refractivity contribution in [2.45, 2.75) is 84.0 Å². The number of ketones is 1. The van der Waals surface area contributed by atoms with Gasteiger partial charge in [-0.15, -0.1) is 0 Å². The highest BCUT2D eigenvalue weighted by Gasteiger charge is 2.63. The van der Waals surface area contributed by atoms with Gasteiger partial charge >= 0.3 is 0 Å². The molecule has 1 N–H and O–H groups in total. The van der Waals surface area contributed by atoms with Crippen molar-refractivity contribution in [1.29, 1.82) is 0 Å². The highest BCUT2D eigenvalue weighted by Crippen LogP contribution is 2.66. The average Bonchev–Trinajstić information content (AvgIpc) is 2.78. The fraction of sp³-hybridized carbons (Fsp3) is 0.857. The molecular formula is C21H36O3Si. The summed E-state index contributed by atoms with van der Waals surface area (Å²) in [5, 5.41) is 10.6. The second-order valence-electron chi connectivity index (χ2n) is 10.7. The molecule has 0 aromatic rings. The van der Waals surface area contributed by atoms with Gasteiger partial charge in [0, 0.05) is 17.8 Å². The number of fused-ring (bicyclic) bond motifs is 1. The summed E-state index contributed by atoms with van der Waals surface area (Å²) in [6.45, 7) is 17.8. The number of aliphatic hydroxyl groups excluding tert-OH is 1. The van der Waals surface area contributed by atoms with Gasteiger partial charge in [-0.1, -0.05) is 39.8 Å². The van der Waals surface area contributed by atoms with Gasteiger partial charge in [-0.3, -0.25) is 4.79 Å². The van der Waals surface area contributed by atoms with Gasteiger partial charge in [0.05, 0.1) is 12.7 Å². The highest BCUT2D eigenvalue weighted by atomic mass is 28.4.